The lowest BCUT2D eigenvalue weighted by molar-refractivity contribution is 0.103. The lowest BCUT2D eigenvalue weighted by atomic mass is 10.0. The van der Waals surface area contributed by atoms with Gasteiger partial charge in [-0.15, -0.1) is 0 Å². The molecule has 1 fully saturated rings. The number of aromatic nitrogens is 2. The van der Waals surface area contributed by atoms with Crippen LogP contribution >= 0.6 is 0 Å². The summed E-state index contributed by atoms with van der Waals surface area (Å²) in [4.78, 5) is 15.6. The summed E-state index contributed by atoms with van der Waals surface area (Å²) in [5, 5.41) is 4.23. The molecule has 0 saturated carbocycles. The SMILES string of the molecule is Nc1c(C(=O)c2cccc(CCCN3CCCCC3)c2)cnn1-c1ccc(F)cc1. The zero-order valence-corrected chi connectivity index (χ0v) is 17.1. The van der Waals surface area contributed by atoms with Crippen molar-refractivity contribution in [3.8, 4) is 5.69 Å². The number of nitrogen functional groups attached to an aromatic ring is 1. The Morgan fingerprint density at radius 2 is 1.83 bits per heavy atom. The molecule has 2 N–H and O–H groups in total. The topological polar surface area (TPSA) is 64.2 Å². The molecule has 0 radical (unpaired) electrons. The Morgan fingerprint density at radius 3 is 2.60 bits per heavy atom. The van der Waals surface area contributed by atoms with Crippen molar-refractivity contribution in [3.05, 3.63) is 77.2 Å². The molecule has 3 aromatic rings. The molecule has 1 aromatic heterocycles. The molecule has 0 unspecified atom stereocenters. The average molecular weight is 407 g/mol. The molecule has 0 amide bonds. The lowest BCUT2D eigenvalue weighted by Gasteiger charge is -2.26. The van der Waals surface area contributed by atoms with E-state index in [0.717, 1.165) is 24.9 Å². The van der Waals surface area contributed by atoms with Crippen molar-refractivity contribution in [3.63, 3.8) is 0 Å². The number of carbonyl (C=O) groups is 1. The number of carbonyl (C=O) groups excluding carboxylic acids is 1. The number of nitrogens with zero attached hydrogens (tertiary/aromatic N) is 3. The summed E-state index contributed by atoms with van der Waals surface area (Å²) < 4.78 is 14.6. The van der Waals surface area contributed by atoms with Crippen LogP contribution in [-0.2, 0) is 6.42 Å². The van der Waals surface area contributed by atoms with Crippen molar-refractivity contribution in [1.82, 2.24) is 14.7 Å². The molecular formula is C24H27FN4O. The number of ketones is 1. The van der Waals surface area contributed by atoms with Gasteiger partial charge in [0.15, 0.2) is 5.78 Å². The summed E-state index contributed by atoms with van der Waals surface area (Å²) in [5.41, 5.74) is 8.92. The van der Waals surface area contributed by atoms with Crippen molar-refractivity contribution in [2.75, 3.05) is 25.4 Å². The van der Waals surface area contributed by atoms with Gasteiger partial charge in [-0.25, -0.2) is 9.07 Å². The van der Waals surface area contributed by atoms with Gasteiger partial charge >= 0.3 is 0 Å². The molecule has 2 aromatic carbocycles. The number of aryl methyl sites for hydroxylation is 1. The van der Waals surface area contributed by atoms with Crippen LogP contribution in [0.3, 0.4) is 0 Å². The minimum absolute atomic E-state index is 0.154. The van der Waals surface area contributed by atoms with Crippen LogP contribution in [0.4, 0.5) is 10.2 Å². The molecule has 5 nitrogen and oxygen atoms in total. The van der Waals surface area contributed by atoms with Gasteiger partial charge in [0.2, 0.25) is 0 Å². The molecule has 30 heavy (non-hydrogen) atoms. The van der Waals surface area contributed by atoms with Crippen molar-refractivity contribution in [2.45, 2.75) is 32.1 Å². The Bertz CT molecular complexity index is 1010. The largest absolute Gasteiger partial charge is 0.383 e. The van der Waals surface area contributed by atoms with Gasteiger partial charge in [0, 0.05) is 5.56 Å². The van der Waals surface area contributed by atoms with E-state index in [-0.39, 0.29) is 17.4 Å². The smallest absolute Gasteiger partial charge is 0.198 e. The number of hydrogen-bond donors (Lipinski definition) is 1. The monoisotopic (exact) mass is 406 g/mol. The van der Waals surface area contributed by atoms with Crippen molar-refractivity contribution < 1.29 is 9.18 Å². The van der Waals surface area contributed by atoms with Gasteiger partial charge in [0.1, 0.15) is 11.6 Å². The molecule has 0 atom stereocenters. The number of halogens is 1. The summed E-state index contributed by atoms with van der Waals surface area (Å²) >= 11 is 0. The standard InChI is InChI=1S/C24H27FN4O/c25-20-9-11-21(12-10-20)29-24(26)22(17-27-29)23(30)19-8-4-6-18(16-19)7-5-15-28-13-2-1-3-14-28/h4,6,8-12,16-17H,1-3,5,7,13-15,26H2. The zero-order chi connectivity index (χ0) is 20.9. The minimum Gasteiger partial charge on any atom is -0.383 e. The fourth-order valence-corrected chi connectivity index (χ4v) is 4.03. The summed E-state index contributed by atoms with van der Waals surface area (Å²) in [6.45, 7) is 3.52. The predicted molar refractivity (Wildman–Crippen MR) is 116 cm³/mol. The van der Waals surface area contributed by atoms with E-state index < -0.39 is 0 Å². The Balaban J connectivity index is 1.44. The van der Waals surface area contributed by atoms with E-state index in [2.05, 4.69) is 16.1 Å². The molecule has 1 saturated heterocycles. The first-order valence-electron chi connectivity index (χ1n) is 10.6. The summed E-state index contributed by atoms with van der Waals surface area (Å²) in [6, 6.07) is 13.6. The number of anilines is 1. The van der Waals surface area contributed by atoms with Crippen LogP contribution < -0.4 is 5.73 Å². The zero-order valence-electron chi connectivity index (χ0n) is 17.1. The van der Waals surface area contributed by atoms with Gasteiger partial charge in [-0.1, -0.05) is 24.6 Å². The van der Waals surface area contributed by atoms with E-state index in [1.54, 1.807) is 12.1 Å². The van der Waals surface area contributed by atoms with Gasteiger partial charge < -0.3 is 10.6 Å². The summed E-state index contributed by atoms with van der Waals surface area (Å²) in [6.07, 6.45) is 7.46. The maximum atomic E-state index is 13.2. The maximum Gasteiger partial charge on any atom is 0.198 e. The van der Waals surface area contributed by atoms with E-state index in [0.29, 0.717) is 16.8 Å². The Hall–Kier alpha value is -2.99. The molecular weight excluding hydrogens is 379 g/mol. The van der Waals surface area contributed by atoms with Gasteiger partial charge in [0.05, 0.1) is 17.4 Å². The lowest BCUT2D eigenvalue weighted by Crippen LogP contribution is -2.30. The molecule has 2 heterocycles. The Labute approximate surface area is 176 Å². The first-order valence-corrected chi connectivity index (χ1v) is 10.6. The van der Waals surface area contributed by atoms with Crippen molar-refractivity contribution >= 4 is 11.6 Å². The molecule has 156 valence electrons. The van der Waals surface area contributed by atoms with Gasteiger partial charge in [-0.2, -0.15) is 5.10 Å². The summed E-state index contributed by atoms with van der Waals surface area (Å²) in [5.74, 6) is -0.237. The fraction of sp³-hybridized carbons (Fsp3) is 0.333. The van der Waals surface area contributed by atoms with Crippen LogP contribution in [0.2, 0.25) is 0 Å². The highest BCUT2D eigenvalue weighted by atomic mass is 19.1. The number of benzene rings is 2. The molecule has 1 aliphatic rings. The van der Waals surface area contributed by atoms with E-state index in [1.165, 1.54) is 55.4 Å². The highest BCUT2D eigenvalue weighted by molar-refractivity contribution is 6.11. The number of likely N-dealkylation sites (tertiary alicyclic amines) is 1. The van der Waals surface area contributed by atoms with Crippen LogP contribution in [-0.4, -0.2) is 40.1 Å². The summed E-state index contributed by atoms with van der Waals surface area (Å²) in [7, 11) is 0. The van der Waals surface area contributed by atoms with Crippen LogP contribution in [0.1, 0.15) is 47.2 Å². The highest BCUT2D eigenvalue weighted by Gasteiger charge is 2.18. The van der Waals surface area contributed by atoms with Crippen molar-refractivity contribution in [2.24, 2.45) is 0 Å². The fourth-order valence-electron chi connectivity index (χ4n) is 4.03. The van der Waals surface area contributed by atoms with Crippen LogP contribution in [0, 0.1) is 5.82 Å². The average Bonchev–Trinajstić information content (AvgIpc) is 3.16. The van der Waals surface area contributed by atoms with Crippen LogP contribution in [0.5, 0.6) is 0 Å². The number of hydrogen-bond acceptors (Lipinski definition) is 4. The second-order valence-electron chi connectivity index (χ2n) is 7.87. The van der Waals surface area contributed by atoms with Gasteiger partial charge in [-0.3, -0.25) is 4.79 Å². The highest BCUT2D eigenvalue weighted by Crippen LogP contribution is 2.21. The number of piperidine rings is 1. The minimum atomic E-state index is -0.335. The third-order valence-corrected chi connectivity index (χ3v) is 5.70. The third-order valence-electron chi connectivity index (χ3n) is 5.70. The quantitative estimate of drug-likeness (QED) is 0.596. The number of nitrogens with two attached hydrogens (primary N) is 1. The molecule has 4 rings (SSSR count). The van der Waals surface area contributed by atoms with Crippen LogP contribution in [0.25, 0.3) is 5.69 Å². The molecule has 0 spiro atoms. The Morgan fingerprint density at radius 1 is 1.07 bits per heavy atom. The second-order valence-corrected chi connectivity index (χ2v) is 7.87. The van der Waals surface area contributed by atoms with E-state index in [9.17, 15) is 9.18 Å². The molecule has 6 heteroatoms. The van der Waals surface area contributed by atoms with Crippen LogP contribution in [0.15, 0.2) is 54.7 Å². The molecule has 1 aliphatic heterocycles. The normalized spacial score (nSPS) is 14.7. The molecule has 0 aliphatic carbocycles. The van der Waals surface area contributed by atoms with Crippen molar-refractivity contribution in [1.29, 1.82) is 0 Å². The van der Waals surface area contributed by atoms with Gasteiger partial charge in [0.25, 0.3) is 0 Å². The van der Waals surface area contributed by atoms with E-state index in [1.807, 2.05) is 18.2 Å². The first-order chi connectivity index (χ1) is 14.6. The van der Waals surface area contributed by atoms with Gasteiger partial charge in [-0.05, 0) is 81.2 Å². The van der Waals surface area contributed by atoms with E-state index >= 15 is 0 Å². The Kier molecular flexibility index (Phi) is 6.23. The van der Waals surface area contributed by atoms with E-state index in [4.69, 9.17) is 5.73 Å². The predicted octanol–water partition coefficient (Wildman–Crippen LogP) is 4.24. The first kappa shape index (κ1) is 20.3. The molecule has 0 bridgehead atoms. The second kappa shape index (κ2) is 9.22. The third kappa shape index (κ3) is 4.60. The number of rotatable bonds is 7. The maximum absolute atomic E-state index is 13.2.